The van der Waals surface area contributed by atoms with Gasteiger partial charge in [0.2, 0.25) is 0 Å². The molecule has 0 spiro atoms. The van der Waals surface area contributed by atoms with Crippen LogP contribution >= 0.6 is 11.8 Å². The third-order valence-corrected chi connectivity index (χ3v) is 4.06. The lowest BCUT2D eigenvalue weighted by molar-refractivity contribution is 0.200. The average Bonchev–Trinajstić information content (AvgIpc) is 2.66. The molecule has 0 radical (unpaired) electrons. The standard InChI is InChI=1S/C12H16FNS/c1-9(14)10-4-2-3-5-11(10)12(13)6-7-15-8-12/h2-5,9H,6-8,14H2,1H3. The van der Waals surface area contributed by atoms with Crippen LogP contribution in [0.25, 0.3) is 0 Å². The Morgan fingerprint density at radius 3 is 2.80 bits per heavy atom. The molecule has 2 N–H and O–H groups in total. The van der Waals surface area contributed by atoms with Gasteiger partial charge in [-0.15, -0.1) is 0 Å². The first-order valence-electron chi connectivity index (χ1n) is 5.25. The molecule has 1 aliphatic rings. The van der Waals surface area contributed by atoms with Gasteiger partial charge in [-0.1, -0.05) is 24.3 Å². The van der Waals surface area contributed by atoms with Crippen LogP contribution in [-0.4, -0.2) is 11.5 Å². The molecule has 0 aliphatic carbocycles. The van der Waals surface area contributed by atoms with Crippen LogP contribution in [-0.2, 0) is 5.67 Å². The summed E-state index contributed by atoms with van der Waals surface area (Å²) in [5, 5.41) is 0. The largest absolute Gasteiger partial charge is 0.324 e. The van der Waals surface area contributed by atoms with Crippen LogP contribution in [0.1, 0.15) is 30.5 Å². The van der Waals surface area contributed by atoms with Gasteiger partial charge in [0.25, 0.3) is 0 Å². The summed E-state index contributed by atoms with van der Waals surface area (Å²) >= 11 is 1.68. The molecule has 15 heavy (non-hydrogen) atoms. The highest BCUT2D eigenvalue weighted by atomic mass is 32.2. The van der Waals surface area contributed by atoms with Crippen LogP contribution in [0.2, 0.25) is 0 Å². The summed E-state index contributed by atoms with van der Waals surface area (Å²) < 4.78 is 14.6. The van der Waals surface area contributed by atoms with Crippen molar-refractivity contribution in [3.05, 3.63) is 35.4 Å². The van der Waals surface area contributed by atoms with E-state index in [2.05, 4.69) is 0 Å². The lowest BCUT2D eigenvalue weighted by Crippen LogP contribution is -2.23. The van der Waals surface area contributed by atoms with Gasteiger partial charge < -0.3 is 5.73 Å². The first-order valence-corrected chi connectivity index (χ1v) is 6.40. The minimum atomic E-state index is -1.16. The van der Waals surface area contributed by atoms with E-state index in [-0.39, 0.29) is 6.04 Å². The predicted molar refractivity (Wildman–Crippen MR) is 63.8 cm³/mol. The third-order valence-electron chi connectivity index (χ3n) is 2.91. The summed E-state index contributed by atoms with van der Waals surface area (Å²) in [5.74, 6) is 1.47. The van der Waals surface area contributed by atoms with Crippen molar-refractivity contribution in [2.45, 2.75) is 25.1 Å². The van der Waals surface area contributed by atoms with E-state index in [9.17, 15) is 4.39 Å². The van der Waals surface area contributed by atoms with Gasteiger partial charge in [-0.25, -0.2) is 4.39 Å². The molecule has 0 saturated carbocycles. The monoisotopic (exact) mass is 225 g/mol. The SMILES string of the molecule is CC(N)c1ccccc1C1(F)CCSC1. The highest BCUT2D eigenvalue weighted by Gasteiger charge is 2.37. The zero-order chi connectivity index (χ0) is 10.9. The molecule has 1 saturated heterocycles. The lowest BCUT2D eigenvalue weighted by Gasteiger charge is -2.23. The van der Waals surface area contributed by atoms with Crippen molar-refractivity contribution in [3.8, 4) is 0 Å². The molecular formula is C12H16FNS. The van der Waals surface area contributed by atoms with Gasteiger partial charge in [0.1, 0.15) is 5.67 Å². The van der Waals surface area contributed by atoms with Crippen LogP contribution in [0.15, 0.2) is 24.3 Å². The Hall–Kier alpha value is -0.540. The Balaban J connectivity index is 2.42. The molecule has 0 bridgehead atoms. The summed E-state index contributed by atoms with van der Waals surface area (Å²) in [6, 6.07) is 7.54. The maximum atomic E-state index is 14.6. The van der Waals surface area contributed by atoms with Crippen LogP contribution in [0, 0.1) is 0 Å². The third kappa shape index (κ3) is 2.04. The number of benzene rings is 1. The van der Waals surface area contributed by atoms with Crippen LogP contribution < -0.4 is 5.73 Å². The Morgan fingerprint density at radius 2 is 2.20 bits per heavy atom. The van der Waals surface area contributed by atoms with E-state index in [1.165, 1.54) is 0 Å². The van der Waals surface area contributed by atoms with E-state index in [0.717, 1.165) is 16.9 Å². The molecule has 2 unspecified atom stereocenters. The van der Waals surface area contributed by atoms with Crippen molar-refractivity contribution in [2.75, 3.05) is 11.5 Å². The topological polar surface area (TPSA) is 26.0 Å². The Morgan fingerprint density at radius 1 is 1.47 bits per heavy atom. The predicted octanol–water partition coefficient (Wildman–Crippen LogP) is 3.01. The molecule has 1 heterocycles. The minimum absolute atomic E-state index is 0.0978. The molecule has 0 aromatic heterocycles. The van der Waals surface area contributed by atoms with E-state index in [1.54, 1.807) is 11.8 Å². The number of alkyl halides is 1. The second-order valence-electron chi connectivity index (χ2n) is 4.14. The number of hydrogen-bond acceptors (Lipinski definition) is 2. The fourth-order valence-electron chi connectivity index (χ4n) is 2.05. The molecule has 1 nitrogen and oxygen atoms in total. The van der Waals surface area contributed by atoms with Gasteiger partial charge in [0, 0.05) is 11.8 Å². The highest BCUT2D eigenvalue weighted by Crippen LogP contribution is 2.42. The van der Waals surface area contributed by atoms with Crippen molar-refractivity contribution in [1.82, 2.24) is 0 Å². The zero-order valence-electron chi connectivity index (χ0n) is 8.87. The second-order valence-corrected chi connectivity index (χ2v) is 5.25. The second kappa shape index (κ2) is 4.14. The van der Waals surface area contributed by atoms with Crippen LogP contribution in [0.4, 0.5) is 4.39 Å². The minimum Gasteiger partial charge on any atom is -0.324 e. The number of rotatable bonds is 2. The maximum absolute atomic E-state index is 14.6. The quantitative estimate of drug-likeness (QED) is 0.837. The van der Waals surface area contributed by atoms with Gasteiger partial charge in [-0.2, -0.15) is 11.8 Å². The van der Waals surface area contributed by atoms with Crippen molar-refractivity contribution >= 4 is 11.8 Å². The number of halogens is 1. The first-order chi connectivity index (χ1) is 7.13. The normalized spacial score (nSPS) is 27.9. The highest BCUT2D eigenvalue weighted by molar-refractivity contribution is 7.99. The number of thioether (sulfide) groups is 1. The summed E-state index contributed by atoms with van der Waals surface area (Å²) in [4.78, 5) is 0. The first kappa shape index (κ1) is 11.0. The molecule has 82 valence electrons. The Labute approximate surface area is 94.2 Å². The van der Waals surface area contributed by atoms with Gasteiger partial charge >= 0.3 is 0 Å². The van der Waals surface area contributed by atoms with E-state index in [0.29, 0.717) is 12.2 Å². The number of nitrogens with two attached hydrogens (primary N) is 1. The van der Waals surface area contributed by atoms with Crippen LogP contribution in [0.5, 0.6) is 0 Å². The molecule has 1 aromatic rings. The average molecular weight is 225 g/mol. The van der Waals surface area contributed by atoms with Gasteiger partial charge in [-0.3, -0.25) is 0 Å². The summed E-state index contributed by atoms with van der Waals surface area (Å²) in [5.41, 5.74) is 6.45. The fraction of sp³-hybridized carbons (Fsp3) is 0.500. The van der Waals surface area contributed by atoms with E-state index in [4.69, 9.17) is 5.73 Å². The van der Waals surface area contributed by atoms with Crippen molar-refractivity contribution in [1.29, 1.82) is 0 Å². The van der Waals surface area contributed by atoms with Crippen molar-refractivity contribution in [2.24, 2.45) is 5.73 Å². The molecule has 0 amide bonds. The summed E-state index contributed by atoms with van der Waals surface area (Å²) in [7, 11) is 0. The molecule has 1 aliphatic heterocycles. The van der Waals surface area contributed by atoms with Crippen LogP contribution in [0.3, 0.4) is 0 Å². The molecule has 3 heteroatoms. The van der Waals surface area contributed by atoms with E-state index in [1.807, 2.05) is 31.2 Å². The molecule has 2 rings (SSSR count). The maximum Gasteiger partial charge on any atom is 0.146 e. The zero-order valence-corrected chi connectivity index (χ0v) is 9.69. The van der Waals surface area contributed by atoms with Crippen molar-refractivity contribution in [3.63, 3.8) is 0 Å². The van der Waals surface area contributed by atoms with Gasteiger partial charge in [0.15, 0.2) is 0 Å². The number of hydrogen-bond donors (Lipinski definition) is 1. The Bertz CT molecular complexity index is 345. The Kier molecular flexibility index (Phi) is 3.03. The fourth-order valence-corrected chi connectivity index (χ4v) is 3.29. The molecule has 1 fully saturated rings. The van der Waals surface area contributed by atoms with Gasteiger partial charge in [-0.05, 0) is 30.2 Å². The van der Waals surface area contributed by atoms with E-state index < -0.39 is 5.67 Å². The summed E-state index contributed by atoms with van der Waals surface area (Å²) in [6.07, 6.45) is 0.612. The summed E-state index contributed by atoms with van der Waals surface area (Å²) in [6.45, 7) is 1.91. The smallest absolute Gasteiger partial charge is 0.146 e. The molecular weight excluding hydrogens is 209 g/mol. The lowest BCUT2D eigenvalue weighted by atomic mass is 9.88. The van der Waals surface area contributed by atoms with E-state index >= 15 is 0 Å². The van der Waals surface area contributed by atoms with Crippen molar-refractivity contribution < 1.29 is 4.39 Å². The molecule has 1 aromatic carbocycles. The molecule has 2 atom stereocenters. The van der Waals surface area contributed by atoms with Gasteiger partial charge in [0.05, 0.1) is 0 Å².